The van der Waals surface area contributed by atoms with Crippen LogP contribution >= 0.6 is 0 Å². The quantitative estimate of drug-likeness (QED) is 0.287. The van der Waals surface area contributed by atoms with E-state index in [-0.39, 0.29) is 29.7 Å². The molecule has 1 aliphatic rings. The Morgan fingerprint density at radius 3 is 2.03 bits per heavy atom. The topological polar surface area (TPSA) is 91.8 Å². The van der Waals surface area contributed by atoms with Crippen LogP contribution in [-0.4, -0.2) is 37.6 Å². The van der Waals surface area contributed by atoms with Gasteiger partial charge in [0.2, 0.25) is 5.91 Å². The fourth-order valence-corrected chi connectivity index (χ4v) is 5.94. The van der Waals surface area contributed by atoms with Crippen LogP contribution in [0.4, 0.5) is 5.69 Å². The summed E-state index contributed by atoms with van der Waals surface area (Å²) in [5.74, 6) is -1.13. The van der Waals surface area contributed by atoms with Crippen molar-refractivity contribution in [3.63, 3.8) is 0 Å². The van der Waals surface area contributed by atoms with Crippen molar-refractivity contribution in [2.75, 3.05) is 10.8 Å². The van der Waals surface area contributed by atoms with Crippen LogP contribution in [0.3, 0.4) is 0 Å². The molecule has 4 rings (SSSR count). The van der Waals surface area contributed by atoms with Gasteiger partial charge in [-0.3, -0.25) is 19.3 Å². The number of fused-ring (bicyclic) bond motifs is 1. The zero-order valence-corrected chi connectivity index (χ0v) is 22.0. The van der Waals surface area contributed by atoms with Crippen LogP contribution in [0.1, 0.15) is 63.1 Å². The monoisotopic (exact) mass is 518 g/mol. The van der Waals surface area contributed by atoms with Gasteiger partial charge in [-0.05, 0) is 75.1 Å². The zero-order valence-electron chi connectivity index (χ0n) is 21.2. The fraction of sp³-hybridized carbons (Fsp3) is 0.276. The number of benzene rings is 3. The second-order valence-electron chi connectivity index (χ2n) is 9.31. The summed E-state index contributed by atoms with van der Waals surface area (Å²) in [6.45, 7) is 5.80. The summed E-state index contributed by atoms with van der Waals surface area (Å²) >= 11 is 0. The third-order valence-electron chi connectivity index (χ3n) is 6.73. The van der Waals surface area contributed by atoms with Crippen LogP contribution in [0.5, 0.6) is 0 Å². The molecule has 0 radical (unpaired) electrons. The molecule has 3 amide bonds. The Labute approximate surface area is 217 Å². The first-order valence-corrected chi connectivity index (χ1v) is 13.7. The minimum atomic E-state index is -4.12. The SMILES string of the molecule is Cc1ccc(S(=O)(=O)N(C(=O)CCCCCN2C(=O)c3ccccc3C2=O)c2cccc(C)c2C)cc1. The van der Waals surface area contributed by atoms with Crippen LogP contribution in [0.25, 0.3) is 0 Å². The molecule has 37 heavy (non-hydrogen) atoms. The summed E-state index contributed by atoms with van der Waals surface area (Å²) in [4.78, 5) is 39.7. The highest BCUT2D eigenvalue weighted by molar-refractivity contribution is 7.93. The lowest BCUT2D eigenvalue weighted by atomic mass is 10.1. The predicted molar refractivity (Wildman–Crippen MR) is 142 cm³/mol. The molecule has 0 saturated carbocycles. The summed E-state index contributed by atoms with van der Waals surface area (Å²) in [5.41, 5.74) is 3.69. The number of carbonyl (C=O) groups excluding carboxylic acids is 3. The van der Waals surface area contributed by atoms with Gasteiger partial charge in [0.1, 0.15) is 0 Å². The van der Waals surface area contributed by atoms with Crippen molar-refractivity contribution >= 4 is 33.4 Å². The summed E-state index contributed by atoms with van der Waals surface area (Å²) in [5, 5.41) is 0. The van der Waals surface area contributed by atoms with Crippen LogP contribution < -0.4 is 4.31 Å². The number of imide groups is 1. The Morgan fingerprint density at radius 1 is 0.784 bits per heavy atom. The molecule has 3 aromatic carbocycles. The molecule has 3 aromatic rings. The highest BCUT2D eigenvalue weighted by Crippen LogP contribution is 2.30. The number of unbranched alkanes of at least 4 members (excludes halogenated alkanes) is 2. The highest BCUT2D eigenvalue weighted by Gasteiger charge is 2.35. The van der Waals surface area contributed by atoms with Gasteiger partial charge < -0.3 is 0 Å². The molecule has 0 atom stereocenters. The number of anilines is 1. The average molecular weight is 519 g/mol. The van der Waals surface area contributed by atoms with Gasteiger partial charge in [0.15, 0.2) is 0 Å². The van der Waals surface area contributed by atoms with Crippen molar-refractivity contribution in [1.82, 2.24) is 4.90 Å². The van der Waals surface area contributed by atoms with Crippen LogP contribution in [-0.2, 0) is 14.8 Å². The maximum atomic E-state index is 13.6. The standard InChI is InChI=1S/C29H30N2O5S/c1-20-15-17-23(18-16-20)37(35,36)31(26-13-9-10-21(2)22(26)3)27(32)14-5-4-8-19-30-28(33)24-11-6-7-12-25(24)29(30)34/h6-7,9-13,15-18H,4-5,8,14,19H2,1-3H3. The Bertz CT molecular complexity index is 1430. The van der Waals surface area contributed by atoms with Crippen molar-refractivity contribution in [1.29, 1.82) is 0 Å². The van der Waals surface area contributed by atoms with Gasteiger partial charge in [-0.2, -0.15) is 0 Å². The molecule has 8 heteroatoms. The fourth-order valence-electron chi connectivity index (χ4n) is 4.44. The molecule has 0 unspecified atom stereocenters. The van der Waals surface area contributed by atoms with Gasteiger partial charge in [0.25, 0.3) is 21.8 Å². The first kappa shape index (κ1) is 26.3. The first-order chi connectivity index (χ1) is 17.6. The van der Waals surface area contributed by atoms with Gasteiger partial charge in [-0.15, -0.1) is 0 Å². The van der Waals surface area contributed by atoms with E-state index in [1.54, 1.807) is 55.5 Å². The number of rotatable bonds is 9. The van der Waals surface area contributed by atoms with E-state index in [4.69, 9.17) is 0 Å². The lowest BCUT2D eigenvalue weighted by Gasteiger charge is -2.25. The molecule has 7 nitrogen and oxygen atoms in total. The molecule has 0 aliphatic carbocycles. The van der Waals surface area contributed by atoms with E-state index < -0.39 is 15.9 Å². The summed E-state index contributed by atoms with van der Waals surface area (Å²) in [7, 11) is -4.12. The molecular formula is C29H30N2O5S. The average Bonchev–Trinajstić information content (AvgIpc) is 3.11. The number of hydrogen-bond donors (Lipinski definition) is 0. The number of carbonyl (C=O) groups is 3. The minimum absolute atomic E-state index is 0.0145. The number of amides is 3. The number of sulfonamides is 1. The third-order valence-corrected chi connectivity index (χ3v) is 8.48. The van der Waals surface area contributed by atoms with E-state index in [1.165, 1.54) is 17.0 Å². The Balaban J connectivity index is 1.45. The molecule has 0 fully saturated rings. The molecule has 0 saturated heterocycles. The van der Waals surface area contributed by atoms with Gasteiger partial charge in [-0.25, -0.2) is 12.7 Å². The van der Waals surface area contributed by atoms with Crippen molar-refractivity contribution in [2.24, 2.45) is 0 Å². The van der Waals surface area contributed by atoms with Gasteiger partial charge in [-0.1, -0.05) is 48.4 Å². The number of aryl methyl sites for hydroxylation is 2. The third kappa shape index (κ3) is 5.20. The Kier molecular flexibility index (Phi) is 7.59. The van der Waals surface area contributed by atoms with Gasteiger partial charge in [0, 0.05) is 13.0 Å². The van der Waals surface area contributed by atoms with Crippen molar-refractivity contribution < 1.29 is 22.8 Å². The van der Waals surface area contributed by atoms with Crippen LogP contribution in [0.15, 0.2) is 71.6 Å². The lowest BCUT2D eigenvalue weighted by molar-refractivity contribution is -0.117. The van der Waals surface area contributed by atoms with Gasteiger partial charge >= 0.3 is 0 Å². The smallest absolute Gasteiger partial charge is 0.270 e. The normalized spacial score (nSPS) is 13.1. The van der Waals surface area contributed by atoms with E-state index in [1.807, 2.05) is 19.9 Å². The van der Waals surface area contributed by atoms with Crippen LogP contribution in [0.2, 0.25) is 0 Å². The minimum Gasteiger partial charge on any atom is -0.274 e. The van der Waals surface area contributed by atoms with E-state index >= 15 is 0 Å². The largest absolute Gasteiger partial charge is 0.274 e. The van der Waals surface area contributed by atoms with E-state index in [9.17, 15) is 22.8 Å². The van der Waals surface area contributed by atoms with E-state index in [0.717, 1.165) is 21.0 Å². The lowest BCUT2D eigenvalue weighted by Crippen LogP contribution is -2.37. The molecule has 1 heterocycles. The van der Waals surface area contributed by atoms with E-state index in [0.29, 0.717) is 36.1 Å². The molecule has 1 aliphatic heterocycles. The number of hydrogen-bond acceptors (Lipinski definition) is 5. The molecular weight excluding hydrogens is 488 g/mol. The molecule has 0 spiro atoms. The van der Waals surface area contributed by atoms with Crippen LogP contribution in [0, 0.1) is 20.8 Å². The highest BCUT2D eigenvalue weighted by atomic mass is 32.2. The number of nitrogens with zero attached hydrogens (tertiary/aromatic N) is 2. The maximum absolute atomic E-state index is 13.6. The molecule has 192 valence electrons. The Morgan fingerprint density at radius 2 is 1.41 bits per heavy atom. The summed E-state index contributed by atoms with van der Waals surface area (Å²) in [6, 6.07) is 18.4. The summed E-state index contributed by atoms with van der Waals surface area (Å²) < 4.78 is 28.2. The Hall–Kier alpha value is -3.78. The summed E-state index contributed by atoms with van der Waals surface area (Å²) in [6.07, 6.45) is 1.52. The second kappa shape index (κ2) is 10.7. The van der Waals surface area contributed by atoms with Crippen molar-refractivity contribution in [2.45, 2.75) is 51.3 Å². The predicted octanol–water partition coefficient (Wildman–Crippen LogP) is 5.19. The van der Waals surface area contributed by atoms with E-state index in [2.05, 4.69) is 0 Å². The van der Waals surface area contributed by atoms with Crippen molar-refractivity contribution in [3.05, 3.63) is 94.5 Å². The molecule has 0 bridgehead atoms. The maximum Gasteiger partial charge on any atom is 0.270 e. The molecule has 0 aromatic heterocycles. The second-order valence-corrected chi connectivity index (χ2v) is 11.1. The molecule has 0 N–H and O–H groups in total. The zero-order chi connectivity index (χ0) is 26.7. The first-order valence-electron chi connectivity index (χ1n) is 12.3. The van der Waals surface area contributed by atoms with Gasteiger partial charge in [0.05, 0.1) is 21.7 Å². The van der Waals surface area contributed by atoms with Crippen molar-refractivity contribution in [3.8, 4) is 0 Å².